The molecule has 0 heterocycles. The highest BCUT2D eigenvalue weighted by atomic mass is 32.1. The van der Waals surface area contributed by atoms with Gasteiger partial charge < -0.3 is 15.4 Å². The van der Waals surface area contributed by atoms with E-state index in [4.69, 9.17) is 17.0 Å². The van der Waals surface area contributed by atoms with E-state index in [0.29, 0.717) is 11.7 Å². The highest BCUT2D eigenvalue weighted by Gasteiger charge is 2.07. The molecule has 0 radical (unpaired) electrons. The van der Waals surface area contributed by atoms with Crippen LogP contribution in [0.15, 0.2) is 42.5 Å². The van der Waals surface area contributed by atoms with Gasteiger partial charge in [0.25, 0.3) is 0 Å². The second-order valence-electron chi connectivity index (χ2n) is 5.89. The van der Waals surface area contributed by atoms with Crippen LogP contribution >= 0.6 is 12.2 Å². The van der Waals surface area contributed by atoms with E-state index in [9.17, 15) is 0 Å². The second kappa shape index (κ2) is 7.97. The number of anilines is 1. The topological polar surface area (TPSA) is 33.3 Å². The van der Waals surface area contributed by atoms with Crippen LogP contribution in [0.5, 0.6) is 5.75 Å². The molecule has 23 heavy (non-hydrogen) atoms. The summed E-state index contributed by atoms with van der Waals surface area (Å²) in [4.78, 5) is 0. The van der Waals surface area contributed by atoms with Crippen molar-refractivity contribution in [1.29, 1.82) is 0 Å². The summed E-state index contributed by atoms with van der Waals surface area (Å²) in [6.07, 6.45) is 0. The van der Waals surface area contributed by atoms with Gasteiger partial charge >= 0.3 is 0 Å². The fourth-order valence-corrected chi connectivity index (χ4v) is 2.62. The van der Waals surface area contributed by atoms with E-state index >= 15 is 0 Å². The molecule has 0 amide bonds. The van der Waals surface area contributed by atoms with Crippen molar-refractivity contribution in [3.05, 3.63) is 59.2 Å². The molecule has 2 rings (SSSR count). The van der Waals surface area contributed by atoms with Gasteiger partial charge in [-0.15, -0.1) is 0 Å². The third-order valence-corrected chi connectivity index (χ3v) is 3.81. The number of rotatable bonds is 5. The molecule has 0 bridgehead atoms. The van der Waals surface area contributed by atoms with Crippen molar-refractivity contribution in [3.63, 3.8) is 0 Å². The van der Waals surface area contributed by atoms with Crippen LogP contribution in [0.4, 0.5) is 5.69 Å². The molecular formula is C19H24N2OS. The Balaban J connectivity index is 1.84. The molecule has 2 N–H and O–H groups in total. The third-order valence-electron chi connectivity index (χ3n) is 3.59. The Bertz CT molecular complexity index is 685. The first-order valence-corrected chi connectivity index (χ1v) is 8.19. The average molecular weight is 328 g/mol. The van der Waals surface area contributed by atoms with Crippen LogP contribution in [0.25, 0.3) is 0 Å². The third kappa shape index (κ3) is 5.25. The summed E-state index contributed by atoms with van der Waals surface area (Å²) in [7, 11) is 0. The first-order valence-electron chi connectivity index (χ1n) is 7.79. The quantitative estimate of drug-likeness (QED) is 0.799. The first-order chi connectivity index (χ1) is 11.0. The van der Waals surface area contributed by atoms with Gasteiger partial charge in [-0.1, -0.05) is 35.9 Å². The number of nitrogens with one attached hydrogen (secondary N) is 2. The zero-order valence-electron chi connectivity index (χ0n) is 14.1. The van der Waals surface area contributed by atoms with Gasteiger partial charge in [-0.25, -0.2) is 0 Å². The van der Waals surface area contributed by atoms with Gasteiger partial charge in [-0.05, 0) is 63.2 Å². The number of para-hydroxylation sites is 1. The average Bonchev–Trinajstić information content (AvgIpc) is 2.49. The van der Waals surface area contributed by atoms with E-state index in [1.807, 2.05) is 44.2 Å². The Hall–Kier alpha value is -2.07. The fourth-order valence-electron chi connectivity index (χ4n) is 2.31. The summed E-state index contributed by atoms with van der Waals surface area (Å²) in [6.45, 7) is 8.80. The number of thiocarbonyl (C=S) groups is 1. The van der Waals surface area contributed by atoms with Gasteiger partial charge in [0.2, 0.25) is 0 Å². The molecule has 0 saturated heterocycles. The zero-order valence-corrected chi connectivity index (χ0v) is 15.0. The van der Waals surface area contributed by atoms with Crippen LogP contribution < -0.4 is 15.4 Å². The standard InChI is InChI=1S/C19H24N2OS/c1-13-9-10-17(15(3)11-13)21-19(23)20-16(4)12-22-18-8-6-5-7-14(18)2/h5-11,16H,12H2,1-4H3,(H2,20,21,23). The Morgan fingerprint density at radius 1 is 1.09 bits per heavy atom. The van der Waals surface area contributed by atoms with Crippen molar-refractivity contribution in [2.75, 3.05) is 11.9 Å². The zero-order chi connectivity index (χ0) is 16.8. The summed E-state index contributed by atoms with van der Waals surface area (Å²) >= 11 is 5.38. The minimum atomic E-state index is 0.111. The molecule has 0 saturated carbocycles. The molecule has 0 aliphatic heterocycles. The smallest absolute Gasteiger partial charge is 0.171 e. The molecule has 0 aromatic heterocycles. The van der Waals surface area contributed by atoms with Gasteiger partial charge in [0.15, 0.2) is 5.11 Å². The van der Waals surface area contributed by atoms with E-state index in [1.165, 1.54) is 11.1 Å². The van der Waals surface area contributed by atoms with E-state index in [2.05, 4.69) is 36.6 Å². The van der Waals surface area contributed by atoms with Crippen LogP contribution in [0.2, 0.25) is 0 Å². The lowest BCUT2D eigenvalue weighted by Crippen LogP contribution is -2.39. The molecule has 2 aromatic rings. The van der Waals surface area contributed by atoms with Crippen LogP contribution in [0.3, 0.4) is 0 Å². The predicted molar refractivity (Wildman–Crippen MR) is 101 cm³/mol. The van der Waals surface area contributed by atoms with Crippen molar-refractivity contribution in [1.82, 2.24) is 5.32 Å². The Kier molecular flexibility index (Phi) is 5.99. The highest BCUT2D eigenvalue weighted by molar-refractivity contribution is 7.80. The van der Waals surface area contributed by atoms with Crippen molar-refractivity contribution < 1.29 is 4.74 Å². The van der Waals surface area contributed by atoms with E-state index in [1.54, 1.807) is 0 Å². The number of ether oxygens (including phenoxy) is 1. The van der Waals surface area contributed by atoms with Crippen molar-refractivity contribution in [2.24, 2.45) is 0 Å². The van der Waals surface area contributed by atoms with Gasteiger partial charge in [0.05, 0.1) is 6.04 Å². The summed E-state index contributed by atoms with van der Waals surface area (Å²) in [5.74, 6) is 0.911. The summed E-state index contributed by atoms with van der Waals surface area (Å²) in [5, 5.41) is 7.11. The maximum absolute atomic E-state index is 5.84. The molecule has 122 valence electrons. The largest absolute Gasteiger partial charge is 0.491 e. The van der Waals surface area contributed by atoms with E-state index in [-0.39, 0.29) is 6.04 Å². The van der Waals surface area contributed by atoms with Crippen LogP contribution in [-0.4, -0.2) is 17.8 Å². The van der Waals surface area contributed by atoms with Crippen molar-refractivity contribution in [3.8, 4) is 5.75 Å². The number of aryl methyl sites for hydroxylation is 3. The molecule has 2 aromatic carbocycles. The molecule has 1 unspecified atom stereocenters. The van der Waals surface area contributed by atoms with Crippen LogP contribution in [0.1, 0.15) is 23.6 Å². The maximum Gasteiger partial charge on any atom is 0.171 e. The maximum atomic E-state index is 5.84. The molecule has 1 atom stereocenters. The van der Waals surface area contributed by atoms with Gasteiger partial charge in [-0.2, -0.15) is 0 Å². The number of benzene rings is 2. The lowest BCUT2D eigenvalue weighted by molar-refractivity contribution is 0.285. The lowest BCUT2D eigenvalue weighted by atomic mass is 10.1. The Morgan fingerprint density at radius 2 is 1.83 bits per heavy atom. The van der Waals surface area contributed by atoms with E-state index in [0.717, 1.165) is 17.0 Å². The molecule has 0 spiro atoms. The van der Waals surface area contributed by atoms with Crippen LogP contribution in [0, 0.1) is 20.8 Å². The molecule has 0 fully saturated rings. The summed E-state index contributed by atoms with van der Waals surface area (Å²) in [6, 6.07) is 14.4. The van der Waals surface area contributed by atoms with Gasteiger partial charge in [0, 0.05) is 5.69 Å². The predicted octanol–water partition coefficient (Wildman–Crippen LogP) is 4.37. The monoisotopic (exact) mass is 328 g/mol. The molecule has 4 heteroatoms. The summed E-state index contributed by atoms with van der Waals surface area (Å²) < 4.78 is 5.84. The molecule has 0 aliphatic carbocycles. The SMILES string of the molecule is Cc1ccc(NC(=S)NC(C)COc2ccccc2C)c(C)c1. The Morgan fingerprint density at radius 3 is 2.52 bits per heavy atom. The van der Waals surface area contributed by atoms with Crippen molar-refractivity contribution >= 4 is 23.0 Å². The minimum absolute atomic E-state index is 0.111. The fraction of sp³-hybridized carbons (Fsp3) is 0.316. The molecular weight excluding hydrogens is 304 g/mol. The van der Waals surface area contributed by atoms with Gasteiger partial charge in [-0.3, -0.25) is 0 Å². The summed E-state index contributed by atoms with van der Waals surface area (Å²) in [5.41, 5.74) is 4.58. The van der Waals surface area contributed by atoms with E-state index < -0.39 is 0 Å². The van der Waals surface area contributed by atoms with Gasteiger partial charge in [0.1, 0.15) is 12.4 Å². The van der Waals surface area contributed by atoms with Crippen molar-refractivity contribution in [2.45, 2.75) is 33.7 Å². The normalized spacial score (nSPS) is 11.7. The molecule has 3 nitrogen and oxygen atoms in total. The Labute approximate surface area is 144 Å². The lowest BCUT2D eigenvalue weighted by Gasteiger charge is -2.19. The second-order valence-corrected chi connectivity index (χ2v) is 6.30. The first kappa shape index (κ1) is 17.3. The number of hydrogen-bond donors (Lipinski definition) is 2. The minimum Gasteiger partial charge on any atom is -0.491 e. The highest BCUT2D eigenvalue weighted by Crippen LogP contribution is 2.17. The molecule has 0 aliphatic rings. The van der Waals surface area contributed by atoms with Crippen LogP contribution in [-0.2, 0) is 0 Å². The number of hydrogen-bond acceptors (Lipinski definition) is 2.